The maximum Gasteiger partial charge on any atom is 0.258 e. The van der Waals surface area contributed by atoms with E-state index in [0.717, 1.165) is 11.6 Å². The number of hydrogen-bond donors (Lipinski definition) is 3. The van der Waals surface area contributed by atoms with Crippen LogP contribution in [0.15, 0.2) is 36.4 Å². The number of phenolic OH excluding ortho intramolecular Hbond substituents is 2. The Hall–Kier alpha value is -3.24. The number of nitrogens with zero attached hydrogens (tertiary/aromatic N) is 2. The van der Waals surface area contributed by atoms with Gasteiger partial charge in [0.15, 0.2) is 0 Å². The molecule has 138 valence electrons. The van der Waals surface area contributed by atoms with E-state index < -0.39 is 23.6 Å². The highest BCUT2D eigenvalue weighted by atomic mass is 35.5. The van der Waals surface area contributed by atoms with Crippen LogP contribution in [0.2, 0.25) is 5.02 Å². The summed E-state index contributed by atoms with van der Waals surface area (Å²) in [6.45, 7) is 0.357. The molecule has 0 saturated carbocycles. The standard InChI is InChI=1S/C19H16ClN3O4/c20-14-8-13(15(24)9-16(14)25)19(27)23-10-11-4-1-2-5-12(11)17(23)18(26)22-7-3-6-21/h1-2,4-5,8-9,17,24-25H,3,7,10H2,(H,22,26). The molecule has 3 N–H and O–H groups in total. The van der Waals surface area contributed by atoms with Crippen molar-refractivity contribution in [1.82, 2.24) is 10.2 Å². The Morgan fingerprint density at radius 2 is 2.00 bits per heavy atom. The second kappa shape index (κ2) is 7.56. The van der Waals surface area contributed by atoms with Gasteiger partial charge in [-0.15, -0.1) is 0 Å². The fourth-order valence-corrected chi connectivity index (χ4v) is 3.24. The maximum absolute atomic E-state index is 13.0. The van der Waals surface area contributed by atoms with Crippen molar-refractivity contribution in [2.75, 3.05) is 6.54 Å². The van der Waals surface area contributed by atoms with E-state index >= 15 is 0 Å². The van der Waals surface area contributed by atoms with E-state index in [-0.39, 0.29) is 35.8 Å². The number of phenols is 2. The highest BCUT2D eigenvalue weighted by molar-refractivity contribution is 6.32. The summed E-state index contributed by atoms with van der Waals surface area (Å²) in [7, 11) is 0. The van der Waals surface area contributed by atoms with E-state index in [1.807, 2.05) is 18.2 Å². The van der Waals surface area contributed by atoms with Gasteiger partial charge >= 0.3 is 0 Å². The number of benzene rings is 2. The Bertz CT molecular complexity index is 954. The Labute approximate surface area is 160 Å². The van der Waals surface area contributed by atoms with Crippen LogP contribution in [-0.2, 0) is 11.3 Å². The molecule has 1 aliphatic heterocycles. The quantitative estimate of drug-likeness (QED) is 0.699. The molecular formula is C19H16ClN3O4. The van der Waals surface area contributed by atoms with Crippen molar-refractivity contribution in [3.63, 3.8) is 0 Å². The van der Waals surface area contributed by atoms with Crippen molar-refractivity contribution < 1.29 is 19.8 Å². The van der Waals surface area contributed by atoms with Gasteiger partial charge in [0.05, 0.1) is 23.1 Å². The van der Waals surface area contributed by atoms with Gasteiger partial charge in [-0.3, -0.25) is 9.59 Å². The number of nitrogens with one attached hydrogen (secondary N) is 1. The number of rotatable bonds is 4. The van der Waals surface area contributed by atoms with Crippen molar-refractivity contribution in [3.05, 3.63) is 58.1 Å². The summed E-state index contributed by atoms with van der Waals surface area (Å²) in [6.07, 6.45) is 0.155. The van der Waals surface area contributed by atoms with Gasteiger partial charge in [0.1, 0.15) is 17.5 Å². The number of aromatic hydroxyl groups is 2. The molecule has 2 aromatic carbocycles. The molecule has 3 rings (SSSR count). The van der Waals surface area contributed by atoms with Crippen molar-refractivity contribution in [3.8, 4) is 17.6 Å². The lowest BCUT2D eigenvalue weighted by Crippen LogP contribution is -2.40. The van der Waals surface area contributed by atoms with Gasteiger partial charge in [-0.2, -0.15) is 5.26 Å². The molecule has 1 aliphatic rings. The van der Waals surface area contributed by atoms with E-state index in [1.165, 1.54) is 11.0 Å². The van der Waals surface area contributed by atoms with E-state index in [0.29, 0.717) is 5.56 Å². The summed E-state index contributed by atoms with van der Waals surface area (Å²) in [4.78, 5) is 27.1. The molecule has 1 heterocycles. The number of fused-ring (bicyclic) bond motifs is 1. The maximum atomic E-state index is 13.0. The second-order valence-corrected chi connectivity index (χ2v) is 6.46. The van der Waals surface area contributed by atoms with Crippen LogP contribution in [0.1, 0.15) is 33.9 Å². The molecule has 7 nitrogen and oxygen atoms in total. The number of carbonyl (C=O) groups excluding carboxylic acids is 2. The van der Waals surface area contributed by atoms with E-state index in [4.69, 9.17) is 16.9 Å². The van der Waals surface area contributed by atoms with Gasteiger partial charge < -0.3 is 20.4 Å². The summed E-state index contributed by atoms with van der Waals surface area (Å²) in [5.74, 6) is -1.78. The molecule has 1 unspecified atom stereocenters. The Balaban J connectivity index is 1.96. The predicted molar refractivity (Wildman–Crippen MR) is 97.1 cm³/mol. The van der Waals surface area contributed by atoms with Crippen LogP contribution in [0, 0.1) is 11.3 Å². The molecular weight excluding hydrogens is 370 g/mol. The largest absolute Gasteiger partial charge is 0.507 e. The minimum Gasteiger partial charge on any atom is -0.507 e. The molecule has 0 spiro atoms. The lowest BCUT2D eigenvalue weighted by molar-refractivity contribution is -0.125. The van der Waals surface area contributed by atoms with E-state index in [9.17, 15) is 19.8 Å². The van der Waals surface area contributed by atoms with Crippen LogP contribution in [0.5, 0.6) is 11.5 Å². The minimum atomic E-state index is -0.889. The van der Waals surface area contributed by atoms with Gasteiger partial charge in [0.25, 0.3) is 5.91 Å². The number of hydrogen-bond acceptors (Lipinski definition) is 5. The lowest BCUT2D eigenvalue weighted by atomic mass is 10.0. The third-order valence-electron chi connectivity index (χ3n) is 4.34. The molecule has 0 radical (unpaired) electrons. The molecule has 2 aromatic rings. The third-order valence-corrected chi connectivity index (χ3v) is 4.65. The average molecular weight is 386 g/mol. The molecule has 2 amide bonds. The van der Waals surface area contributed by atoms with Crippen molar-refractivity contribution >= 4 is 23.4 Å². The highest BCUT2D eigenvalue weighted by Gasteiger charge is 2.39. The normalized spacial score (nSPS) is 15.1. The Morgan fingerprint density at radius 3 is 2.74 bits per heavy atom. The third kappa shape index (κ3) is 3.52. The monoisotopic (exact) mass is 385 g/mol. The molecule has 0 bridgehead atoms. The van der Waals surface area contributed by atoms with Crippen molar-refractivity contribution in [1.29, 1.82) is 5.26 Å². The van der Waals surface area contributed by atoms with Crippen LogP contribution < -0.4 is 5.32 Å². The fourth-order valence-electron chi connectivity index (χ4n) is 3.07. The highest BCUT2D eigenvalue weighted by Crippen LogP contribution is 2.38. The summed E-state index contributed by atoms with van der Waals surface area (Å²) in [6, 6.07) is 10.4. The topological polar surface area (TPSA) is 114 Å². The zero-order valence-electron chi connectivity index (χ0n) is 14.1. The number of nitriles is 1. The lowest BCUT2D eigenvalue weighted by Gasteiger charge is -2.25. The SMILES string of the molecule is N#CCCNC(=O)C1c2ccccc2CN1C(=O)c1cc(Cl)c(O)cc1O. The van der Waals surface area contributed by atoms with Gasteiger partial charge in [-0.1, -0.05) is 35.9 Å². The average Bonchev–Trinajstić information content (AvgIpc) is 3.04. The first-order valence-corrected chi connectivity index (χ1v) is 8.56. The number of halogens is 1. The van der Waals surface area contributed by atoms with Crippen LogP contribution in [0.25, 0.3) is 0 Å². The molecule has 0 aliphatic carbocycles. The number of amides is 2. The molecule has 27 heavy (non-hydrogen) atoms. The molecule has 8 heteroatoms. The smallest absolute Gasteiger partial charge is 0.258 e. The summed E-state index contributed by atoms with van der Waals surface area (Å²) in [5.41, 5.74) is 1.39. The van der Waals surface area contributed by atoms with Gasteiger partial charge in [0.2, 0.25) is 5.91 Å². The summed E-state index contributed by atoms with van der Waals surface area (Å²) < 4.78 is 0. The van der Waals surface area contributed by atoms with Crippen molar-refractivity contribution in [2.45, 2.75) is 19.0 Å². The van der Waals surface area contributed by atoms with Gasteiger partial charge in [-0.05, 0) is 17.2 Å². The summed E-state index contributed by atoms with van der Waals surface area (Å²) in [5, 5.41) is 30.8. The zero-order chi connectivity index (χ0) is 19.6. The molecule has 0 fully saturated rings. The number of carbonyl (C=O) groups is 2. The first-order valence-electron chi connectivity index (χ1n) is 8.19. The van der Waals surface area contributed by atoms with Crippen LogP contribution in [-0.4, -0.2) is 33.5 Å². The first kappa shape index (κ1) is 18.5. The molecule has 0 aromatic heterocycles. The molecule has 1 atom stereocenters. The zero-order valence-corrected chi connectivity index (χ0v) is 14.9. The first-order chi connectivity index (χ1) is 12.9. The fraction of sp³-hybridized carbons (Fsp3) is 0.211. The molecule has 0 saturated heterocycles. The Kier molecular flexibility index (Phi) is 5.19. The van der Waals surface area contributed by atoms with Crippen LogP contribution in [0.4, 0.5) is 0 Å². The Morgan fingerprint density at radius 1 is 1.26 bits per heavy atom. The minimum absolute atomic E-state index is 0.0807. The van der Waals surface area contributed by atoms with Crippen molar-refractivity contribution in [2.24, 2.45) is 0 Å². The second-order valence-electron chi connectivity index (χ2n) is 6.05. The van der Waals surface area contributed by atoms with Crippen LogP contribution in [0.3, 0.4) is 0 Å². The van der Waals surface area contributed by atoms with Crippen LogP contribution >= 0.6 is 11.6 Å². The summed E-state index contributed by atoms with van der Waals surface area (Å²) >= 11 is 5.87. The van der Waals surface area contributed by atoms with E-state index in [1.54, 1.807) is 12.1 Å². The van der Waals surface area contributed by atoms with Gasteiger partial charge in [-0.25, -0.2) is 0 Å². The predicted octanol–water partition coefficient (Wildman–Crippen LogP) is 2.48. The van der Waals surface area contributed by atoms with Gasteiger partial charge in [0, 0.05) is 19.2 Å². The van der Waals surface area contributed by atoms with E-state index in [2.05, 4.69) is 5.32 Å².